The van der Waals surface area contributed by atoms with E-state index in [0.29, 0.717) is 18.3 Å². The smallest absolute Gasteiger partial charge is 0.330 e. The molecule has 0 aromatic heterocycles. The summed E-state index contributed by atoms with van der Waals surface area (Å²) in [6.45, 7) is 12.1. The maximum atomic E-state index is 12.4. The van der Waals surface area contributed by atoms with Gasteiger partial charge >= 0.3 is 11.9 Å². The zero-order valence-corrected chi connectivity index (χ0v) is 15.0. The van der Waals surface area contributed by atoms with Gasteiger partial charge in [0.25, 0.3) is 0 Å². The van der Waals surface area contributed by atoms with Crippen molar-refractivity contribution in [2.24, 2.45) is 17.6 Å². The highest BCUT2D eigenvalue weighted by Gasteiger charge is 2.34. The Kier molecular flexibility index (Phi) is 9.80. The lowest BCUT2D eigenvalue weighted by molar-refractivity contribution is -0.155. The molecule has 0 aliphatic carbocycles. The maximum Gasteiger partial charge on any atom is 0.330 e. The Bertz CT molecular complexity index is 392. The number of carboxylic acid groups (broad SMARTS) is 1. The van der Waals surface area contributed by atoms with Crippen molar-refractivity contribution in [3.8, 4) is 0 Å². The van der Waals surface area contributed by atoms with Crippen molar-refractivity contribution in [3.63, 3.8) is 0 Å². The molecule has 0 saturated carbocycles. The topological polar surface area (TPSA) is 89.6 Å². The summed E-state index contributed by atoms with van der Waals surface area (Å²) in [6.07, 6.45) is 4.30. The van der Waals surface area contributed by atoms with E-state index in [2.05, 4.69) is 34.3 Å². The zero-order valence-electron chi connectivity index (χ0n) is 15.0. The number of hydrogen-bond donors (Lipinski definition) is 2. The van der Waals surface area contributed by atoms with Crippen LogP contribution in [0.4, 0.5) is 0 Å². The van der Waals surface area contributed by atoms with Crippen LogP contribution < -0.4 is 5.73 Å². The molecule has 0 spiro atoms. The summed E-state index contributed by atoms with van der Waals surface area (Å²) in [5, 5.41) is 8.71. The summed E-state index contributed by atoms with van der Waals surface area (Å²) >= 11 is 0. The number of carbonyl (C=O) groups excluding carboxylic acids is 1. The number of hydrogen-bond acceptors (Lipinski definition) is 4. The van der Waals surface area contributed by atoms with Crippen molar-refractivity contribution in [2.45, 2.75) is 77.9 Å². The second kappa shape index (κ2) is 10.4. The Hall–Kier alpha value is -1.36. The maximum absolute atomic E-state index is 12.4. The molecule has 134 valence electrons. The Morgan fingerprint density at radius 3 is 2.26 bits per heavy atom. The SMILES string of the molecule is C=CC(N)(CCCC(=O)O)C(=O)OC(CCC(C)C)CC(C)C. The Morgan fingerprint density at radius 1 is 1.22 bits per heavy atom. The van der Waals surface area contributed by atoms with Crippen LogP contribution in [0.1, 0.15) is 66.2 Å². The predicted molar refractivity (Wildman–Crippen MR) is 92.0 cm³/mol. The minimum atomic E-state index is -1.32. The van der Waals surface area contributed by atoms with Gasteiger partial charge in [-0.3, -0.25) is 4.79 Å². The molecule has 5 nitrogen and oxygen atoms in total. The summed E-state index contributed by atoms with van der Waals surface area (Å²) in [5.74, 6) is -0.449. The molecule has 23 heavy (non-hydrogen) atoms. The highest BCUT2D eigenvalue weighted by Crippen LogP contribution is 2.21. The molecule has 0 radical (unpaired) electrons. The van der Waals surface area contributed by atoms with E-state index in [1.54, 1.807) is 0 Å². The largest absolute Gasteiger partial charge is 0.481 e. The predicted octanol–water partition coefficient (Wildman–Crippen LogP) is 3.52. The lowest BCUT2D eigenvalue weighted by Gasteiger charge is -2.28. The van der Waals surface area contributed by atoms with Gasteiger partial charge < -0.3 is 15.6 Å². The van der Waals surface area contributed by atoms with Gasteiger partial charge in [0.1, 0.15) is 11.6 Å². The molecule has 3 N–H and O–H groups in total. The highest BCUT2D eigenvalue weighted by molar-refractivity contribution is 5.83. The third-order valence-electron chi connectivity index (χ3n) is 3.80. The van der Waals surface area contributed by atoms with Gasteiger partial charge in [-0.2, -0.15) is 0 Å². The van der Waals surface area contributed by atoms with E-state index in [-0.39, 0.29) is 18.9 Å². The molecule has 0 aliphatic rings. The summed E-state index contributed by atoms with van der Waals surface area (Å²) < 4.78 is 5.64. The van der Waals surface area contributed by atoms with Crippen LogP contribution in [-0.4, -0.2) is 28.7 Å². The summed E-state index contributed by atoms with van der Waals surface area (Å²) in [4.78, 5) is 23.1. The monoisotopic (exact) mass is 327 g/mol. The van der Waals surface area contributed by atoms with Crippen LogP contribution >= 0.6 is 0 Å². The second-order valence-electron chi connectivity index (χ2n) is 7.12. The van der Waals surface area contributed by atoms with E-state index in [1.807, 2.05) is 0 Å². The lowest BCUT2D eigenvalue weighted by atomic mass is 9.93. The van der Waals surface area contributed by atoms with E-state index in [4.69, 9.17) is 15.6 Å². The van der Waals surface area contributed by atoms with Crippen molar-refractivity contribution < 1.29 is 19.4 Å². The van der Waals surface area contributed by atoms with Gasteiger partial charge in [-0.15, -0.1) is 6.58 Å². The van der Waals surface area contributed by atoms with Crippen LogP contribution in [-0.2, 0) is 14.3 Å². The van der Waals surface area contributed by atoms with Crippen LogP contribution in [0.2, 0.25) is 0 Å². The van der Waals surface area contributed by atoms with Crippen molar-refractivity contribution in [1.29, 1.82) is 0 Å². The van der Waals surface area contributed by atoms with Gasteiger partial charge in [0, 0.05) is 6.42 Å². The minimum absolute atomic E-state index is 0.0250. The fourth-order valence-corrected chi connectivity index (χ4v) is 2.35. The van der Waals surface area contributed by atoms with Crippen molar-refractivity contribution in [1.82, 2.24) is 0 Å². The molecular formula is C18H33NO4. The second-order valence-corrected chi connectivity index (χ2v) is 7.12. The van der Waals surface area contributed by atoms with Crippen LogP contribution in [0, 0.1) is 11.8 Å². The van der Waals surface area contributed by atoms with Crippen molar-refractivity contribution in [2.75, 3.05) is 0 Å². The van der Waals surface area contributed by atoms with Crippen LogP contribution in [0.25, 0.3) is 0 Å². The van der Waals surface area contributed by atoms with Crippen LogP contribution in [0.3, 0.4) is 0 Å². The first-order chi connectivity index (χ1) is 10.6. The van der Waals surface area contributed by atoms with Gasteiger partial charge in [-0.25, -0.2) is 4.79 Å². The normalized spacial score (nSPS) is 15.3. The average molecular weight is 327 g/mol. The van der Waals surface area contributed by atoms with Gasteiger partial charge in [0.05, 0.1) is 0 Å². The van der Waals surface area contributed by atoms with E-state index in [1.165, 1.54) is 6.08 Å². The van der Waals surface area contributed by atoms with Gasteiger partial charge in [0.2, 0.25) is 0 Å². The fourth-order valence-electron chi connectivity index (χ4n) is 2.35. The highest BCUT2D eigenvalue weighted by atomic mass is 16.5. The third kappa shape index (κ3) is 9.39. The van der Waals surface area contributed by atoms with Gasteiger partial charge in [0.15, 0.2) is 0 Å². The molecule has 2 unspecified atom stereocenters. The molecule has 0 bridgehead atoms. The van der Waals surface area contributed by atoms with Crippen molar-refractivity contribution in [3.05, 3.63) is 12.7 Å². The number of nitrogens with two attached hydrogens (primary N) is 1. The molecule has 2 atom stereocenters. The van der Waals surface area contributed by atoms with E-state index >= 15 is 0 Å². The number of aliphatic carboxylic acids is 1. The van der Waals surface area contributed by atoms with Gasteiger partial charge in [-0.1, -0.05) is 33.8 Å². The molecule has 0 aromatic carbocycles. The van der Waals surface area contributed by atoms with E-state index < -0.39 is 17.5 Å². The van der Waals surface area contributed by atoms with Crippen molar-refractivity contribution >= 4 is 11.9 Å². The number of ether oxygens (including phenoxy) is 1. The molecule has 0 amide bonds. The first kappa shape index (κ1) is 21.6. The third-order valence-corrected chi connectivity index (χ3v) is 3.80. The van der Waals surface area contributed by atoms with E-state index in [0.717, 1.165) is 19.3 Å². The summed E-state index contributed by atoms with van der Waals surface area (Å²) in [5.41, 5.74) is 4.76. The van der Waals surface area contributed by atoms with Crippen LogP contribution in [0.5, 0.6) is 0 Å². The average Bonchev–Trinajstić information content (AvgIpc) is 2.43. The molecular weight excluding hydrogens is 294 g/mol. The molecule has 0 aliphatic heterocycles. The zero-order chi connectivity index (χ0) is 18.0. The minimum Gasteiger partial charge on any atom is -0.481 e. The Balaban J connectivity index is 4.75. The Morgan fingerprint density at radius 2 is 1.83 bits per heavy atom. The quantitative estimate of drug-likeness (QED) is 0.423. The molecule has 0 saturated heterocycles. The number of rotatable bonds is 12. The standard InChI is InChI=1S/C18H33NO4/c1-6-18(19,11-7-8-16(20)21)17(22)23-15(12-14(4)5)10-9-13(2)3/h6,13-15H,1,7-12,19H2,2-5H3,(H,20,21). The number of carboxylic acids is 1. The fraction of sp³-hybridized carbons (Fsp3) is 0.778. The first-order valence-corrected chi connectivity index (χ1v) is 8.46. The number of esters is 1. The first-order valence-electron chi connectivity index (χ1n) is 8.46. The van der Waals surface area contributed by atoms with Crippen LogP contribution in [0.15, 0.2) is 12.7 Å². The summed E-state index contributed by atoms with van der Waals surface area (Å²) in [7, 11) is 0. The van der Waals surface area contributed by atoms with E-state index in [9.17, 15) is 9.59 Å². The Labute approximate surface area is 140 Å². The van der Waals surface area contributed by atoms with Gasteiger partial charge in [-0.05, 0) is 43.9 Å². The summed E-state index contributed by atoms with van der Waals surface area (Å²) in [6, 6.07) is 0. The molecule has 5 heteroatoms. The molecule has 0 fully saturated rings. The molecule has 0 aromatic rings. The lowest BCUT2D eigenvalue weighted by Crippen LogP contribution is -2.48. The molecule has 0 rings (SSSR count). The number of carbonyl (C=O) groups is 2. The molecule has 0 heterocycles.